The summed E-state index contributed by atoms with van der Waals surface area (Å²) in [7, 11) is 0. The largest absolute Gasteiger partial charge is 0.372 e. The van der Waals surface area contributed by atoms with Crippen molar-refractivity contribution in [3.8, 4) is 0 Å². The van der Waals surface area contributed by atoms with Gasteiger partial charge >= 0.3 is 0 Å². The Labute approximate surface area is 164 Å². The molecule has 2 N–H and O–H groups in total. The lowest BCUT2D eigenvalue weighted by Gasteiger charge is -2.29. The molecule has 0 bridgehead atoms. The van der Waals surface area contributed by atoms with Gasteiger partial charge in [0.25, 0.3) is 0 Å². The fraction of sp³-hybridized carbons (Fsp3) is 0.350. The van der Waals surface area contributed by atoms with Crippen LogP contribution in [0.3, 0.4) is 0 Å². The highest BCUT2D eigenvalue weighted by molar-refractivity contribution is 7.80. The molecule has 2 aromatic rings. The Hall–Kier alpha value is -1.85. The summed E-state index contributed by atoms with van der Waals surface area (Å²) in [5.41, 5.74) is 3.09. The van der Waals surface area contributed by atoms with Gasteiger partial charge in [0.15, 0.2) is 5.11 Å². The third kappa shape index (κ3) is 4.86. The maximum Gasteiger partial charge on any atom is 0.171 e. The van der Waals surface area contributed by atoms with Crippen molar-refractivity contribution in [2.75, 3.05) is 23.3 Å². The quantitative estimate of drug-likeness (QED) is 0.671. The summed E-state index contributed by atoms with van der Waals surface area (Å²) in [5.74, 6) is -0.446. The van der Waals surface area contributed by atoms with E-state index < -0.39 is 5.82 Å². The Morgan fingerprint density at radius 1 is 1.12 bits per heavy atom. The predicted octanol–water partition coefficient (Wildman–Crippen LogP) is 5.52. The first-order chi connectivity index (χ1) is 12.5. The Kier molecular flexibility index (Phi) is 6.33. The fourth-order valence-electron chi connectivity index (χ4n) is 3.15. The number of hydrogen-bond donors (Lipinski definition) is 2. The minimum atomic E-state index is -0.446. The standard InChI is InChI=1S/C20H23ClFN3S/c1-14(23-20(26)24-16-7-10-19(22)18(21)13-16)15-5-8-17(9-6-15)25-11-3-2-4-12-25/h5-10,13-14H,2-4,11-12H2,1H3,(H2,23,24,26)/t14-/m0/s1. The van der Waals surface area contributed by atoms with Crippen LogP contribution in [0.25, 0.3) is 0 Å². The minimum absolute atomic E-state index is 0.0568. The van der Waals surface area contributed by atoms with E-state index in [0.717, 1.165) is 18.7 Å². The molecular formula is C20H23ClFN3S. The molecule has 1 heterocycles. The van der Waals surface area contributed by atoms with Gasteiger partial charge in [0.2, 0.25) is 0 Å². The molecule has 26 heavy (non-hydrogen) atoms. The van der Waals surface area contributed by atoms with Crippen LogP contribution in [0.4, 0.5) is 15.8 Å². The monoisotopic (exact) mass is 391 g/mol. The summed E-state index contributed by atoms with van der Waals surface area (Å²) < 4.78 is 13.2. The number of anilines is 2. The molecule has 6 heteroatoms. The highest BCUT2D eigenvalue weighted by Crippen LogP contribution is 2.23. The average molecular weight is 392 g/mol. The second-order valence-electron chi connectivity index (χ2n) is 6.59. The van der Waals surface area contributed by atoms with Gasteiger partial charge in [-0.05, 0) is 74.3 Å². The topological polar surface area (TPSA) is 27.3 Å². The lowest BCUT2D eigenvalue weighted by atomic mass is 10.1. The highest BCUT2D eigenvalue weighted by atomic mass is 35.5. The molecule has 1 fully saturated rings. The zero-order valence-corrected chi connectivity index (χ0v) is 16.3. The van der Waals surface area contributed by atoms with Gasteiger partial charge in [-0.2, -0.15) is 0 Å². The first-order valence-electron chi connectivity index (χ1n) is 8.90. The number of nitrogens with one attached hydrogen (secondary N) is 2. The third-order valence-electron chi connectivity index (χ3n) is 4.64. The third-order valence-corrected chi connectivity index (χ3v) is 5.15. The van der Waals surface area contributed by atoms with Crippen molar-refractivity contribution in [2.24, 2.45) is 0 Å². The van der Waals surface area contributed by atoms with Crippen LogP contribution in [0.1, 0.15) is 37.8 Å². The van der Waals surface area contributed by atoms with E-state index in [2.05, 4.69) is 46.7 Å². The Bertz CT molecular complexity index is 760. The lowest BCUT2D eigenvalue weighted by Crippen LogP contribution is -2.31. The van der Waals surface area contributed by atoms with Gasteiger partial charge in [-0.25, -0.2) is 4.39 Å². The van der Waals surface area contributed by atoms with E-state index in [1.807, 2.05) is 0 Å². The lowest BCUT2D eigenvalue weighted by molar-refractivity contribution is 0.577. The molecule has 0 radical (unpaired) electrons. The van der Waals surface area contributed by atoms with Crippen molar-refractivity contribution in [3.63, 3.8) is 0 Å². The maximum absolute atomic E-state index is 13.2. The number of halogens is 2. The van der Waals surface area contributed by atoms with Crippen molar-refractivity contribution >= 4 is 40.3 Å². The number of piperidine rings is 1. The van der Waals surface area contributed by atoms with Crippen LogP contribution in [0.5, 0.6) is 0 Å². The summed E-state index contributed by atoms with van der Waals surface area (Å²) in [6.07, 6.45) is 3.87. The van der Waals surface area contributed by atoms with Crippen LogP contribution in [-0.4, -0.2) is 18.2 Å². The summed E-state index contributed by atoms with van der Waals surface area (Å²) in [6.45, 7) is 4.34. The van der Waals surface area contributed by atoms with Crippen molar-refractivity contribution in [1.29, 1.82) is 0 Å². The highest BCUT2D eigenvalue weighted by Gasteiger charge is 2.12. The summed E-state index contributed by atoms with van der Waals surface area (Å²) in [5, 5.41) is 6.82. The van der Waals surface area contributed by atoms with Gasteiger partial charge in [-0.1, -0.05) is 23.7 Å². The predicted molar refractivity (Wildman–Crippen MR) is 112 cm³/mol. The van der Waals surface area contributed by atoms with Crippen molar-refractivity contribution < 1.29 is 4.39 Å². The molecule has 0 aliphatic carbocycles. The molecule has 1 aliphatic rings. The molecule has 0 amide bonds. The van der Waals surface area contributed by atoms with E-state index in [4.69, 9.17) is 23.8 Å². The van der Waals surface area contributed by atoms with Crippen LogP contribution < -0.4 is 15.5 Å². The minimum Gasteiger partial charge on any atom is -0.372 e. The molecule has 3 rings (SSSR count). The van der Waals surface area contributed by atoms with Gasteiger partial charge in [-0.3, -0.25) is 0 Å². The Morgan fingerprint density at radius 2 is 1.81 bits per heavy atom. The van der Waals surface area contributed by atoms with Crippen LogP contribution in [-0.2, 0) is 0 Å². The Morgan fingerprint density at radius 3 is 2.46 bits per heavy atom. The summed E-state index contributed by atoms with van der Waals surface area (Å²) >= 11 is 11.1. The SMILES string of the molecule is C[C@H](NC(=S)Nc1ccc(F)c(Cl)c1)c1ccc(N2CCCCC2)cc1. The number of thiocarbonyl (C=S) groups is 1. The molecule has 0 saturated carbocycles. The van der Waals surface area contributed by atoms with Crippen LogP contribution in [0.15, 0.2) is 42.5 Å². The molecule has 1 atom stereocenters. The van der Waals surface area contributed by atoms with E-state index in [-0.39, 0.29) is 11.1 Å². The first kappa shape index (κ1) is 18.9. The smallest absolute Gasteiger partial charge is 0.171 e. The van der Waals surface area contributed by atoms with E-state index in [0.29, 0.717) is 10.8 Å². The summed E-state index contributed by atoms with van der Waals surface area (Å²) in [4.78, 5) is 2.44. The molecule has 0 aromatic heterocycles. The van der Waals surface area contributed by atoms with Gasteiger partial charge < -0.3 is 15.5 Å². The molecule has 138 valence electrons. The van der Waals surface area contributed by atoms with Crippen molar-refractivity contribution in [2.45, 2.75) is 32.2 Å². The van der Waals surface area contributed by atoms with E-state index in [1.165, 1.54) is 37.1 Å². The molecule has 0 unspecified atom stereocenters. The van der Waals surface area contributed by atoms with E-state index >= 15 is 0 Å². The second-order valence-corrected chi connectivity index (χ2v) is 7.40. The Balaban J connectivity index is 1.57. The van der Waals surface area contributed by atoms with Crippen LogP contribution in [0, 0.1) is 5.82 Å². The van der Waals surface area contributed by atoms with Gasteiger partial charge in [0, 0.05) is 24.5 Å². The van der Waals surface area contributed by atoms with Crippen molar-refractivity contribution in [1.82, 2.24) is 5.32 Å². The number of hydrogen-bond acceptors (Lipinski definition) is 2. The zero-order valence-electron chi connectivity index (χ0n) is 14.8. The normalized spacial score (nSPS) is 15.4. The van der Waals surface area contributed by atoms with Crippen molar-refractivity contribution in [3.05, 3.63) is 58.9 Å². The molecular weight excluding hydrogens is 369 g/mol. The summed E-state index contributed by atoms with van der Waals surface area (Å²) in [6, 6.07) is 13.1. The molecule has 0 spiro atoms. The van der Waals surface area contributed by atoms with Gasteiger partial charge in [-0.15, -0.1) is 0 Å². The zero-order chi connectivity index (χ0) is 18.5. The van der Waals surface area contributed by atoms with Crippen LogP contribution in [0.2, 0.25) is 5.02 Å². The fourth-order valence-corrected chi connectivity index (χ4v) is 3.62. The van der Waals surface area contributed by atoms with Gasteiger partial charge in [0.1, 0.15) is 5.82 Å². The second kappa shape index (κ2) is 8.69. The number of rotatable bonds is 4. The number of benzene rings is 2. The number of nitrogens with zero attached hydrogens (tertiary/aromatic N) is 1. The molecule has 3 nitrogen and oxygen atoms in total. The molecule has 1 aliphatic heterocycles. The maximum atomic E-state index is 13.2. The van der Waals surface area contributed by atoms with E-state index in [1.54, 1.807) is 6.07 Å². The first-order valence-corrected chi connectivity index (χ1v) is 9.69. The van der Waals surface area contributed by atoms with E-state index in [9.17, 15) is 4.39 Å². The molecule has 1 saturated heterocycles. The average Bonchev–Trinajstić information content (AvgIpc) is 2.65. The van der Waals surface area contributed by atoms with Gasteiger partial charge in [0.05, 0.1) is 11.1 Å². The molecule has 2 aromatic carbocycles. The van der Waals surface area contributed by atoms with Crippen LogP contribution >= 0.6 is 23.8 Å².